The van der Waals surface area contributed by atoms with Crippen LogP contribution in [-0.2, 0) is 11.2 Å². The third-order valence-electron chi connectivity index (χ3n) is 3.96. The number of carbonyl (C=O) groups excluding carboxylic acids is 1. The molecule has 1 amide bonds. The minimum absolute atomic E-state index is 0.0112. The predicted molar refractivity (Wildman–Crippen MR) is 81.6 cm³/mol. The lowest BCUT2D eigenvalue weighted by Crippen LogP contribution is -2.39. The molecule has 1 unspecified atom stereocenters. The van der Waals surface area contributed by atoms with E-state index in [2.05, 4.69) is 17.3 Å². The standard InChI is InChI=1S/C17H20N2O3/c1-13-10-16(18-22-13)21-12-17(20)19-9-5-8-15(19)11-14-6-3-2-4-7-14/h2-4,6-7,10,15H,5,8-9,11-12H2,1H3. The lowest BCUT2D eigenvalue weighted by Gasteiger charge is -2.24. The molecule has 2 heterocycles. The summed E-state index contributed by atoms with van der Waals surface area (Å²) in [7, 11) is 0. The number of carbonyl (C=O) groups is 1. The number of aromatic nitrogens is 1. The van der Waals surface area contributed by atoms with E-state index >= 15 is 0 Å². The van der Waals surface area contributed by atoms with Gasteiger partial charge in [0.15, 0.2) is 6.61 Å². The molecular formula is C17H20N2O3. The van der Waals surface area contributed by atoms with Gasteiger partial charge in [-0.3, -0.25) is 4.79 Å². The van der Waals surface area contributed by atoms with Crippen molar-refractivity contribution in [2.24, 2.45) is 0 Å². The van der Waals surface area contributed by atoms with Gasteiger partial charge in [-0.25, -0.2) is 0 Å². The second-order valence-corrected chi connectivity index (χ2v) is 5.64. The number of likely N-dealkylation sites (tertiary alicyclic amines) is 1. The van der Waals surface area contributed by atoms with Crippen LogP contribution in [0.4, 0.5) is 0 Å². The molecule has 1 saturated heterocycles. The molecule has 5 heteroatoms. The number of amides is 1. The number of aryl methyl sites for hydroxylation is 1. The van der Waals surface area contributed by atoms with E-state index in [0.29, 0.717) is 11.6 Å². The molecule has 1 atom stereocenters. The predicted octanol–water partition coefficient (Wildman–Crippen LogP) is 2.60. The molecule has 1 aromatic heterocycles. The molecule has 0 saturated carbocycles. The van der Waals surface area contributed by atoms with Gasteiger partial charge >= 0.3 is 0 Å². The topological polar surface area (TPSA) is 55.6 Å². The first kappa shape index (κ1) is 14.6. The maximum absolute atomic E-state index is 12.4. The fraction of sp³-hybridized carbons (Fsp3) is 0.412. The Morgan fingerprint density at radius 3 is 2.95 bits per heavy atom. The van der Waals surface area contributed by atoms with E-state index in [9.17, 15) is 4.79 Å². The summed E-state index contributed by atoms with van der Waals surface area (Å²) in [6.07, 6.45) is 2.99. The van der Waals surface area contributed by atoms with Crippen molar-refractivity contribution in [3.05, 3.63) is 47.7 Å². The molecule has 5 nitrogen and oxygen atoms in total. The van der Waals surface area contributed by atoms with Gasteiger partial charge in [-0.1, -0.05) is 30.3 Å². The molecule has 1 aliphatic rings. The lowest BCUT2D eigenvalue weighted by molar-refractivity contribution is -0.134. The van der Waals surface area contributed by atoms with Crippen LogP contribution in [0.1, 0.15) is 24.2 Å². The third-order valence-corrected chi connectivity index (χ3v) is 3.96. The summed E-state index contributed by atoms with van der Waals surface area (Å²) in [6, 6.07) is 12.2. The second kappa shape index (κ2) is 6.64. The van der Waals surface area contributed by atoms with E-state index in [1.54, 1.807) is 13.0 Å². The van der Waals surface area contributed by atoms with Crippen LogP contribution < -0.4 is 4.74 Å². The van der Waals surface area contributed by atoms with Crippen molar-refractivity contribution in [1.82, 2.24) is 10.1 Å². The smallest absolute Gasteiger partial charge is 0.260 e. The average Bonchev–Trinajstić information content (AvgIpc) is 3.15. The molecule has 0 spiro atoms. The van der Waals surface area contributed by atoms with Gasteiger partial charge in [0.2, 0.25) is 0 Å². The molecule has 0 N–H and O–H groups in total. The number of rotatable bonds is 5. The Morgan fingerprint density at radius 2 is 2.23 bits per heavy atom. The quantitative estimate of drug-likeness (QED) is 0.851. The first-order valence-electron chi connectivity index (χ1n) is 7.62. The zero-order chi connectivity index (χ0) is 15.4. The van der Waals surface area contributed by atoms with Crippen molar-refractivity contribution in [3.8, 4) is 5.88 Å². The number of nitrogens with zero attached hydrogens (tertiary/aromatic N) is 2. The number of ether oxygens (including phenoxy) is 1. The minimum Gasteiger partial charge on any atom is -0.465 e. The Labute approximate surface area is 129 Å². The number of benzene rings is 1. The van der Waals surface area contributed by atoms with Gasteiger partial charge in [0.1, 0.15) is 5.76 Å². The zero-order valence-corrected chi connectivity index (χ0v) is 12.7. The molecule has 22 heavy (non-hydrogen) atoms. The Hall–Kier alpha value is -2.30. The Balaban J connectivity index is 1.56. The fourth-order valence-electron chi connectivity index (χ4n) is 2.89. The van der Waals surface area contributed by atoms with E-state index in [4.69, 9.17) is 9.26 Å². The van der Waals surface area contributed by atoms with Gasteiger partial charge in [-0.2, -0.15) is 0 Å². The van der Waals surface area contributed by atoms with Crippen molar-refractivity contribution in [3.63, 3.8) is 0 Å². The van der Waals surface area contributed by atoms with Crippen molar-refractivity contribution in [1.29, 1.82) is 0 Å². The van der Waals surface area contributed by atoms with Crippen molar-refractivity contribution >= 4 is 5.91 Å². The largest absolute Gasteiger partial charge is 0.465 e. The summed E-state index contributed by atoms with van der Waals surface area (Å²) in [4.78, 5) is 14.3. The first-order chi connectivity index (χ1) is 10.7. The Kier molecular flexibility index (Phi) is 4.42. The highest BCUT2D eigenvalue weighted by molar-refractivity contribution is 5.78. The van der Waals surface area contributed by atoms with Crippen LogP contribution >= 0.6 is 0 Å². The van der Waals surface area contributed by atoms with Crippen LogP contribution in [0.5, 0.6) is 5.88 Å². The van der Waals surface area contributed by atoms with Gasteiger partial charge in [0, 0.05) is 18.7 Å². The van der Waals surface area contributed by atoms with Crippen LogP contribution in [-0.4, -0.2) is 35.2 Å². The summed E-state index contributed by atoms with van der Waals surface area (Å²) in [6.45, 7) is 2.60. The van der Waals surface area contributed by atoms with Crippen LogP contribution in [0, 0.1) is 6.92 Å². The molecule has 1 aromatic carbocycles. The summed E-state index contributed by atoms with van der Waals surface area (Å²) >= 11 is 0. The monoisotopic (exact) mass is 300 g/mol. The Bertz CT molecular complexity index is 624. The van der Waals surface area contributed by atoms with E-state index in [1.807, 2.05) is 23.1 Å². The maximum atomic E-state index is 12.4. The van der Waals surface area contributed by atoms with E-state index in [1.165, 1.54) is 5.56 Å². The summed E-state index contributed by atoms with van der Waals surface area (Å²) < 4.78 is 10.3. The second-order valence-electron chi connectivity index (χ2n) is 5.64. The zero-order valence-electron chi connectivity index (χ0n) is 12.7. The van der Waals surface area contributed by atoms with Crippen LogP contribution in [0.25, 0.3) is 0 Å². The normalized spacial score (nSPS) is 17.7. The van der Waals surface area contributed by atoms with Crippen molar-refractivity contribution in [2.75, 3.05) is 13.2 Å². The average molecular weight is 300 g/mol. The molecule has 3 rings (SSSR count). The molecule has 2 aromatic rings. The van der Waals surface area contributed by atoms with Crippen LogP contribution in [0.3, 0.4) is 0 Å². The maximum Gasteiger partial charge on any atom is 0.260 e. The van der Waals surface area contributed by atoms with Crippen molar-refractivity contribution < 1.29 is 14.1 Å². The Morgan fingerprint density at radius 1 is 1.41 bits per heavy atom. The van der Waals surface area contributed by atoms with Gasteiger partial charge < -0.3 is 14.2 Å². The molecular weight excluding hydrogens is 280 g/mol. The van der Waals surface area contributed by atoms with Crippen LogP contribution in [0.15, 0.2) is 40.9 Å². The van der Waals surface area contributed by atoms with E-state index in [-0.39, 0.29) is 18.6 Å². The first-order valence-corrected chi connectivity index (χ1v) is 7.62. The van der Waals surface area contributed by atoms with Crippen molar-refractivity contribution in [2.45, 2.75) is 32.2 Å². The highest BCUT2D eigenvalue weighted by Gasteiger charge is 2.29. The summed E-state index contributed by atoms with van der Waals surface area (Å²) in [5.41, 5.74) is 1.26. The molecule has 0 aliphatic carbocycles. The van der Waals surface area contributed by atoms with Gasteiger partial charge in [0.25, 0.3) is 11.8 Å². The third kappa shape index (κ3) is 3.47. The number of hydrogen-bond donors (Lipinski definition) is 0. The highest BCUT2D eigenvalue weighted by Crippen LogP contribution is 2.21. The molecule has 0 radical (unpaired) electrons. The molecule has 1 fully saturated rings. The summed E-state index contributed by atoms with van der Waals surface area (Å²) in [5.74, 6) is 1.05. The van der Waals surface area contributed by atoms with E-state index < -0.39 is 0 Å². The number of hydrogen-bond acceptors (Lipinski definition) is 4. The van der Waals surface area contributed by atoms with Gasteiger partial charge in [-0.15, -0.1) is 0 Å². The lowest BCUT2D eigenvalue weighted by atomic mass is 10.0. The minimum atomic E-state index is 0.0112. The van der Waals surface area contributed by atoms with Gasteiger partial charge in [0.05, 0.1) is 0 Å². The fourth-order valence-corrected chi connectivity index (χ4v) is 2.89. The molecule has 0 bridgehead atoms. The van der Waals surface area contributed by atoms with Crippen LogP contribution in [0.2, 0.25) is 0 Å². The van der Waals surface area contributed by atoms with Gasteiger partial charge in [-0.05, 0) is 36.9 Å². The summed E-state index contributed by atoms with van der Waals surface area (Å²) in [5, 5.41) is 3.73. The molecule has 1 aliphatic heterocycles. The highest BCUT2D eigenvalue weighted by atomic mass is 16.5. The van der Waals surface area contributed by atoms with E-state index in [0.717, 1.165) is 25.8 Å². The molecule has 116 valence electrons. The SMILES string of the molecule is Cc1cc(OCC(=O)N2CCCC2Cc2ccccc2)no1.